The number of likely N-dealkylation sites (N-methyl/N-ethyl adjacent to an activating group) is 1. The molecule has 10 heavy (non-hydrogen) atoms. The molecule has 0 aliphatic heterocycles. The highest BCUT2D eigenvalue weighted by Gasteiger charge is 1.91. The molecule has 0 rings (SSSR count). The Hall–Kier alpha value is -0.920. The van der Waals surface area contributed by atoms with Crippen molar-refractivity contribution in [2.24, 2.45) is 0 Å². The first kappa shape index (κ1) is 9.08. The van der Waals surface area contributed by atoms with Gasteiger partial charge in [-0.25, -0.2) is 0 Å². The standard InChI is InChI=1S/C8H15NO/c1-5-9(3)8(2)6-7-10-4/h6-7H,2,5H2,1,3-4H3/b7-6+. The van der Waals surface area contributed by atoms with Crippen LogP contribution in [0.2, 0.25) is 0 Å². The Morgan fingerprint density at radius 2 is 2.30 bits per heavy atom. The maximum atomic E-state index is 4.74. The average Bonchev–Trinajstić information content (AvgIpc) is 1.98. The molecule has 0 saturated heterocycles. The molecule has 0 aromatic rings. The van der Waals surface area contributed by atoms with E-state index in [0.717, 1.165) is 12.2 Å². The van der Waals surface area contributed by atoms with Gasteiger partial charge in [0.2, 0.25) is 0 Å². The van der Waals surface area contributed by atoms with Crippen molar-refractivity contribution in [3.63, 3.8) is 0 Å². The van der Waals surface area contributed by atoms with E-state index in [-0.39, 0.29) is 0 Å². The summed E-state index contributed by atoms with van der Waals surface area (Å²) < 4.78 is 4.74. The smallest absolute Gasteiger partial charge is 0.0845 e. The Morgan fingerprint density at radius 1 is 1.70 bits per heavy atom. The molecule has 0 heterocycles. The van der Waals surface area contributed by atoms with Gasteiger partial charge in [-0.05, 0) is 13.0 Å². The lowest BCUT2D eigenvalue weighted by Crippen LogP contribution is -2.14. The normalized spacial score (nSPS) is 9.90. The molecule has 0 aliphatic rings. The van der Waals surface area contributed by atoms with Gasteiger partial charge in [0.1, 0.15) is 0 Å². The van der Waals surface area contributed by atoms with Crippen LogP contribution >= 0.6 is 0 Å². The lowest BCUT2D eigenvalue weighted by Gasteiger charge is -2.15. The predicted octanol–water partition coefficient (Wildman–Crippen LogP) is 1.61. The van der Waals surface area contributed by atoms with Gasteiger partial charge in [0, 0.05) is 19.3 Å². The number of hydrogen-bond acceptors (Lipinski definition) is 2. The van der Waals surface area contributed by atoms with Crippen LogP contribution in [-0.2, 0) is 4.74 Å². The molecular weight excluding hydrogens is 126 g/mol. The van der Waals surface area contributed by atoms with E-state index in [0.29, 0.717) is 0 Å². The Labute approximate surface area is 62.8 Å². The minimum absolute atomic E-state index is 0.962. The van der Waals surface area contributed by atoms with Crippen LogP contribution in [0.4, 0.5) is 0 Å². The van der Waals surface area contributed by atoms with Crippen LogP contribution < -0.4 is 0 Å². The van der Waals surface area contributed by atoms with Crippen LogP contribution in [0.25, 0.3) is 0 Å². The van der Waals surface area contributed by atoms with Crippen LogP contribution in [0.5, 0.6) is 0 Å². The highest BCUT2D eigenvalue weighted by Crippen LogP contribution is 1.98. The van der Waals surface area contributed by atoms with E-state index in [9.17, 15) is 0 Å². The fourth-order valence-electron chi connectivity index (χ4n) is 0.477. The summed E-state index contributed by atoms with van der Waals surface area (Å²) in [5, 5.41) is 0. The summed E-state index contributed by atoms with van der Waals surface area (Å²) in [6.07, 6.45) is 3.46. The summed E-state index contributed by atoms with van der Waals surface area (Å²) in [4.78, 5) is 2.04. The molecule has 0 aliphatic carbocycles. The summed E-state index contributed by atoms with van der Waals surface area (Å²) in [6, 6.07) is 0. The van der Waals surface area contributed by atoms with Gasteiger partial charge < -0.3 is 9.64 Å². The molecule has 58 valence electrons. The number of hydrogen-bond donors (Lipinski definition) is 0. The first-order valence-corrected chi connectivity index (χ1v) is 3.31. The van der Waals surface area contributed by atoms with Gasteiger partial charge in [-0.1, -0.05) is 6.58 Å². The number of ether oxygens (including phenoxy) is 1. The summed E-state index contributed by atoms with van der Waals surface area (Å²) in [7, 11) is 3.61. The minimum Gasteiger partial charge on any atom is -0.504 e. The van der Waals surface area contributed by atoms with Gasteiger partial charge in [-0.15, -0.1) is 0 Å². The van der Waals surface area contributed by atoms with Crippen molar-refractivity contribution in [2.45, 2.75) is 6.92 Å². The summed E-state index contributed by atoms with van der Waals surface area (Å²) in [5.74, 6) is 0. The van der Waals surface area contributed by atoms with Gasteiger partial charge in [0.15, 0.2) is 0 Å². The summed E-state index contributed by atoms with van der Waals surface area (Å²) >= 11 is 0. The van der Waals surface area contributed by atoms with Crippen molar-refractivity contribution in [3.05, 3.63) is 24.6 Å². The van der Waals surface area contributed by atoms with E-state index in [2.05, 4.69) is 13.5 Å². The quantitative estimate of drug-likeness (QED) is 0.435. The summed E-state index contributed by atoms with van der Waals surface area (Å²) in [6.45, 7) is 6.86. The second-order valence-corrected chi connectivity index (χ2v) is 2.04. The van der Waals surface area contributed by atoms with Crippen molar-refractivity contribution in [1.82, 2.24) is 4.90 Å². The largest absolute Gasteiger partial charge is 0.504 e. The molecule has 0 aromatic carbocycles. The van der Waals surface area contributed by atoms with E-state index in [1.54, 1.807) is 13.4 Å². The van der Waals surface area contributed by atoms with Crippen molar-refractivity contribution in [2.75, 3.05) is 20.7 Å². The molecule has 0 atom stereocenters. The van der Waals surface area contributed by atoms with Gasteiger partial charge in [0.05, 0.1) is 13.4 Å². The Kier molecular flexibility index (Phi) is 4.46. The van der Waals surface area contributed by atoms with E-state index in [1.807, 2.05) is 18.0 Å². The lowest BCUT2D eigenvalue weighted by atomic mass is 10.4. The molecular formula is C8H15NO. The van der Waals surface area contributed by atoms with Crippen LogP contribution in [0.3, 0.4) is 0 Å². The van der Waals surface area contributed by atoms with Gasteiger partial charge in [0.25, 0.3) is 0 Å². The van der Waals surface area contributed by atoms with Crippen LogP contribution in [-0.4, -0.2) is 25.6 Å². The van der Waals surface area contributed by atoms with Crippen molar-refractivity contribution in [3.8, 4) is 0 Å². The average molecular weight is 141 g/mol. The predicted molar refractivity (Wildman–Crippen MR) is 43.6 cm³/mol. The maximum absolute atomic E-state index is 4.74. The molecule has 0 saturated carbocycles. The Morgan fingerprint density at radius 3 is 2.70 bits per heavy atom. The molecule has 0 fully saturated rings. The number of nitrogens with zero attached hydrogens (tertiary/aromatic N) is 1. The zero-order valence-corrected chi connectivity index (χ0v) is 6.92. The molecule has 2 heteroatoms. The molecule has 2 nitrogen and oxygen atoms in total. The van der Waals surface area contributed by atoms with E-state index >= 15 is 0 Å². The van der Waals surface area contributed by atoms with Crippen molar-refractivity contribution < 1.29 is 4.74 Å². The van der Waals surface area contributed by atoms with Gasteiger partial charge in [-0.3, -0.25) is 0 Å². The molecule has 0 spiro atoms. The lowest BCUT2D eigenvalue weighted by molar-refractivity contribution is 0.335. The minimum atomic E-state index is 0.962. The zero-order valence-electron chi connectivity index (χ0n) is 6.92. The topological polar surface area (TPSA) is 12.5 Å². The molecule has 0 bridgehead atoms. The van der Waals surface area contributed by atoms with Crippen molar-refractivity contribution in [1.29, 1.82) is 0 Å². The second-order valence-electron chi connectivity index (χ2n) is 2.04. The second kappa shape index (κ2) is 4.91. The third kappa shape index (κ3) is 3.17. The molecule has 0 amide bonds. The number of methoxy groups -OCH3 is 1. The molecule has 0 radical (unpaired) electrons. The Bertz CT molecular complexity index is 129. The first-order chi connectivity index (χ1) is 4.72. The zero-order chi connectivity index (χ0) is 7.98. The first-order valence-electron chi connectivity index (χ1n) is 3.31. The molecule has 0 aromatic heterocycles. The number of allylic oxidation sites excluding steroid dienone is 1. The maximum Gasteiger partial charge on any atom is 0.0845 e. The van der Waals surface area contributed by atoms with E-state index in [4.69, 9.17) is 4.74 Å². The van der Waals surface area contributed by atoms with Gasteiger partial charge >= 0.3 is 0 Å². The SMILES string of the molecule is C=C(/C=C/OC)N(C)CC. The van der Waals surface area contributed by atoms with E-state index in [1.165, 1.54) is 0 Å². The monoisotopic (exact) mass is 141 g/mol. The van der Waals surface area contributed by atoms with E-state index < -0.39 is 0 Å². The third-order valence-electron chi connectivity index (χ3n) is 1.36. The fraction of sp³-hybridized carbons (Fsp3) is 0.500. The molecule has 0 unspecified atom stereocenters. The highest BCUT2D eigenvalue weighted by molar-refractivity contribution is 5.10. The summed E-state index contributed by atoms with van der Waals surface area (Å²) in [5.41, 5.74) is 0.962. The van der Waals surface area contributed by atoms with Crippen LogP contribution in [0, 0.1) is 0 Å². The van der Waals surface area contributed by atoms with Crippen molar-refractivity contribution >= 4 is 0 Å². The van der Waals surface area contributed by atoms with Crippen LogP contribution in [0.15, 0.2) is 24.6 Å². The number of rotatable bonds is 4. The van der Waals surface area contributed by atoms with Crippen LogP contribution in [0.1, 0.15) is 6.92 Å². The fourth-order valence-corrected chi connectivity index (χ4v) is 0.477. The third-order valence-corrected chi connectivity index (χ3v) is 1.36. The molecule has 0 N–H and O–H groups in total. The van der Waals surface area contributed by atoms with Gasteiger partial charge in [-0.2, -0.15) is 0 Å². The Balaban J connectivity index is 3.72. The highest BCUT2D eigenvalue weighted by atomic mass is 16.5.